The number of nitrogens with zero attached hydrogens (tertiary/aromatic N) is 7. The molecule has 9 rings (SSSR count). The minimum absolute atomic E-state index is 0.0137. The molecule has 3 atom stereocenters. The molecule has 0 radical (unpaired) electrons. The van der Waals surface area contributed by atoms with Crippen LogP contribution in [0, 0.1) is 17.8 Å². The van der Waals surface area contributed by atoms with Gasteiger partial charge in [-0.25, -0.2) is 9.97 Å². The van der Waals surface area contributed by atoms with Crippen LogP contribution in [0.3, 0.4) is 0 Å². The molecule has 2 aliphatic carbocycles. The zero-order valence-electron chi connectivity index (χ0n) is 26.5. The zero-order valence-corrected chi connectivity index (χ0v) is 26.5. The second-order valence-corrected chi connectivity index (χ2v) is 13.8. The van der Waals surface area contributed by atoms with Crippen LogP contribution in [-0.2, 0) is 13.1 Å². The lowest BCUT2D eigenvalue weighted by Gasteiger charge is -2.39. The quantitative estimate of drug-likeness (QED) is 0.273. The number of benzene rings is 1. The van der Waals surface area contributed by atoms with Crippen molar-refractivity contribution in [3.8, 4) is 17.3 Å². The number of rotatable bonds is 8. The molecule has 0 spiro atoms. The molecule has 4 fully saturated rings. The van der Waals surface area contributed by atoms with Crippen molar-refractivity contribution in [2.75, 3.05) is 26.7 Å². The topological polar surface area (TPSA) is 124 Å². The first kappa shape index (κ1) is 28.5. The van der Waals surface area contributed by atoms with Gasteiger partial charge in [-0.3, -0.25) is 14.6 Å². The summed E-state index contributed by atoms with van der Waals surface area (Å²) < 4.78 is 10.6. The van der Waals surface area contributed by atoms with Gasteiger partial charge in [0.15, 0.2) is 5.82 Å². The summed E-state index contributed by atoms with van der Waals surface area (Å²) in [6.07, 6.45) is 9.62. The average Bonchev–Trinajstić information content (AvgIpc) is 3.44. The molecule has 4 aliphatic rings. The zero-order chi connectivity index (χ0) is 31.8. The van der Waals surface area contributed by atoms with Crippen LogP contribution in [0.5, 0.6) is 5.75 Å². The van der Waals surface area contributed by atoms with Gasteiger partial charge >= 0.3 is 0 Å². The van der Waals surface area contributed by atoms with E-state index in [0.717, 1.165) is 53.0 Å². The van der Waals surface area contributed by atoms with Crippen molar-refractivity contribution >= 4 is 33.9 Å². The molecular formula is C36H38N8O3. The number of fused-ring (bicyclic) bond motifs is 4. The van der Waals surface area contributed by atoms with Crippen LogP contribution in [0.2, 0.25) is 0 Å². The molecular weight excluding hydrogens is 592 g/mol. The van der Waals surface area contributed by atoms with Crippen LogP contribution >= 0.6 is 0 Å². The van der Waals surface area contributed by atoms with Gasteiger partial charge in [0.05, 0.1) is 18.3 Å². The lowest BCUT2D eigenvalue weighted by molar-refractivity contribution is 0.0471. The number of likely N-dealkylation sites (tertiary alicyclic amines) is 2. The smallest absolute Gasteiger partial charge is 0.254 e. The van der Waals surface area contributed by atoms with E-state index in [9.17, 15) is 9.59 Å². The predicted molar refractivity (Wildman–Crippen MR) is 177 cm³/mol. The van der Waals surface area contributed by atoms with Crippen molar-refractivity contribution in [2.24, 2.45) is 23.5 Å². The summed E-state index contributed by atoms with van der Waals surface area (Å²) in [4.78, 5) is 45.0. The summed E-state index contributed by atoms with van der Waals surface area (Å²) in [6.45, 7) is 3.52. The molecule has 2 N–H and O–H groups in total. The normalized spacial score (nSPS) is 22.4. The molecule has 6 heterocycles. The highest BCUT2D eigenvalue weighted by Crippen LogP contribution is 2.41. The van der Waals surface area contributed by atoms with Crippen molar-refractivity contribution in [2.45, 2.75) is 50.9 Å². The van der Waals surface area contributed by atoms with Crippen LogP contribution in [0.4, 0.5) is 0 Å². The number of pyridine rings is 2. The van der Waals surface area contributed by atoms with Crippen LogP contribution in [0.1, 0.15) is 46.4 Å². The Morgan fingerprint density at radius 1 is 0.894 bits per heavy atom. The fourth-order valence-electron chi connectivity index (χ4n) is 8.13. The number of imidazole rings is 1. The highest BCUT2D eigenvalue weighted by molar-refractivity contribution is 6.00. The third kappa shape index (κ3) is 4.70. The molecule has 11 heteroatoms. The lowest BCUT2D eigenvalue weighted by Crippen LogP contribution is -2.51. The maximum atomic E-state index is 13.9. The number of carbonyl (C=O) groups excluding carboxylic acids is 2. The molecule has 240 valence electrons. The first-order valence-corrected chi connectivity index (χ1v) is 16.8. The number of hydrogen-bond donors (Lipinski definition) is 1. The number of aromatic nitrogens is 5. The van der Waals surface area contributed by atoms with E-state index in [1.807, 2.05) is 34.2 Å². The molecule has 2 unspecified atom stereocenters. The molecule has 2 saturated carbocycles. The third-order valence-corrected chi connectivity index (χ3v) is 10.8. The molecule has 2 aliphatic heterocycles. The Balaban J connectivity index is 1.13. The second-order valence-electron chi connectivity index (χ2n) is 13.8. The number of ether oxygens (including phenoxy) is 1. The van der Waals surface area contributed by atoms with Crippen molar-refractivity contribution in [3.05, 3.63) is 72.2 Å². The molecule has 47 heavy (non-hydrogen) atoms. The number of nitrogens with two attached hydrogens (primary N) is 1. The molecule has 2 saturated heterocycles. The highest BCUT2D eigenvalue weighted by atomic mass is 16.5. The van der Waals surface area contributed by atoms with Crippen molar-refractivity contribution in [3.63, 3.8) is 0 Å². The van der Waals surface area contributed by atoms with Gasteiger partial charge in [0.2, 0.25) is 0 Å². The fourth-order valence-corrected chi connectivity index (χ4v) is 8.13. The summed E-state index contributed by atoms with van der Waals surface area (Å²) in [5, 5.41) is 1.07. The van der Waals surface area contributed by atoms with E-state index in [0.29, 0.717) is 54.9 Å². The molecule has 11 nitrogen and oxygen atoms in total. The van der Waals surface area contributed by atoms with Gasteiger partial charge < -0.3 is 29.4 Å². The monoisotopic (exact) mass is 630 g/mol. The third-order valence-electron chi connectivity index (χ3n) is 10.8. The average molecular weight is 631 g/mol. The van der Waals surface area contributed by atoms with E-state index < -0.39 is 0 Å². The number of methoxy groups -OCH3 is 1. The number of hydrogen-bond acceptors (Lipinski definition) is 7. The van der Waals surface area contributed by atoms with E-state index in [1.165, 1.54) is 12.8 Å². The Hall–Kier alpha value is -4.77. The maximum Gasteiger partial charge on any atom is 0.254 e. The SMILES string of the molecule is COc1cc(C(=O)N2CC3CCC2[C@@H]3N)cc2nc(-c3cc4cccnc4n3CC3CC3)n(CC3CN(C(=O)c4ccncc4)C3)c12. The van der Waals surface area contributed by atoms with Gasteiger partial charge in [-0.2, -0.15) is 0 Å². The molecule has 2 bridgehead atoms. The molecule has 4 aromatic heterocycles. The van der Waals surface area contributed by atoms with Crippen molar-refractivity contribution < 1.29 is 14.3 Å². The standard InChI is InChI=1S/C36H38N8O3/c1-47-30-15-26(36(46)43-20-25-6-7-28(43)31(25)37)13-27-32(30)44(19-22-16-41(17-22)35(45)23-8-11-38-12-9-23)34(40-27)29-14-24-3-2-10-39-33(24)42(29)18-21-4-5-21/h2-3,8-15,21-22,25,28,31H,4-7,16-20,37H2,1H3/t25?,28?,31-/m1/s1. The van der Waals surface area contributed by atoms with Gasteiger partial charge in [-0.15, -0.1) is 0 Å². The Kier molecular flexibility index (Phi) is 6.60. The minimum Gasteiger partial charge on any atom is -0.494 e. The fraction of sp³-hybridized carbons (Fsp3) is 0.417. The Morgan fingerprint density at radius 3 is 2.43 bits per heavy atom. The van der Waals surface area contributed by atoms with Gasteiger partial charge in [0.25, 0.3) is 11.8 Å². The number of piperidine rings is 1. The second kappa shape index (κ2) is 10.9. The predicted octanol–water partition coefficient (Wildman–Crippen LogP) is 4.20. The summed E-state index contributed by atoms with van der Waals surface area (Å²) in [5.41, 5.74) is 11.2. The maximum absolute atomic E-state index is 13.9. The molecule has 2 amide bonds. The van der Waals surface area contributed by atoms with Gasteiger partial charge in [0, 0.05) is 85.8 Å². The Bertz CT molecular complexity index is 2030. The van der Waals surface area contributed by atoms with E-state index >= 15 is 0 Å². The summed E-state index contributed by atoms with van der Waals surface area (Å²) in [6, 6.07) is 13.7. The minimum atomic E-state index is -0.0137. The summed E-state index contributed by atoms with van der Waals surface area (Å²) >= 11 is 0. The van der Waals surface area contributed by atoms with Crippen LogP contribution in [-0.4, -0.2) is 84.5 Å². The molecule has 1 aromatic carbocycles. The summed E-state index contributed by atoms with van der Waals surface area (Å²) in [7, 11) is 1.65. The highest BCUT2D eigenvalue weighted by Gasteiger charge is 2.47. The summed E-state index contributed by atoms with van der Waals surface area (Å²) in [5.74, 6) is 2.67. The van der Waals surface area contributed by atoms with E-state index in [-0.39, 0.29) is 29.8 Å². The first-order valence-electron chi connectivity index (χ1n) is 16.8. The Morgan fingerprint density at radius 2 is 1.70 bits per heavy atom. The lowest BCUT2D eigenvalue weighted by atomic mass is 9.98. The van der Waals surface area contributed by atoms with Crippen LogP contribution in [0.15, 0.2) is 61.1 Å². The van der Waals surface area contributed by atoms with Crippen LogP contribution in [0.25, 0.3) is 33.6 Å². The first-order chi connectivity index (χ1) is 23.0. The van der Waals surface area contributed by atoms with Crippen molar-refractivity contribution in [1.29, 1.82) is 0 Å². The largest absolute Gasteiger partial charge is 0.494 e. The van der Waals surface area contributed by atoms with Crippen LogP contribution < -0.4 is 10.5 Å². The molecule has 5 aromatic rings. The van der Waals surface area contributed by atoms with Gasteiger partial charge in [-0.05, 0) is 80.0 Å². The number of carbonyl (C=O) groups is 2. The van der Waals surface area contributed by atoms with E-state index in [2.05, 4.69) is 26.3 Å². The van der Waals surface area contributed by atoms with Gasteiger partial charge in [0.1, 0.15) is 16.9 Å². The van der Waals surface area contributed by atoms with Crippen molar-refractivity contribution in [1.82, 2.24) is 33.9 Å². The Labute approximate surface area is 272 Å². The van der Waals surface area contributed by atoms with Gasteiger partial charge in [-0.1, -0.05) is 0 Å². The van der Waals surface area contributed by atoms with E-state index in [4.69, 9.17) is 20.4 Å². The van der Waals surface area contributed by atoms with E-state index in [1.54, 1.807) is 31.6 Å². The number of amides is 2.